The lowest BCUT2D eigenvalue weighted by Gasteiger charge is -2.07. The molecule has 2 heterocycles. The first-order chi connectivity index (χ1) is 9.38. The standard InChI is InChI=1S/C12H11N5S2/c1-2-9-5-3-4-6-10(9)17-11(14-15-16-17)19-12-13-7-8-18-12/h3-8H,2H2,1H3. The summed E-state index contributed by atoms with van der Waals surface area (Å²) in [7, 11) is 0. The van der Waals surface area contributed by atoms with Crippen LogP contribution in [0.3, 0.4) is 0 Å². The maximum absolute atomic E-state index is 4.24. The molecule has 0 radical (unpaired) electrons. The van der Waals surface area contributed by atoms with Gasteiger partial charge in [-0.3, -0.25) is 0 Å². The topological polar surface area (TPSA) is 56.5 Å². The number of hydrogen-bond donors (Lipinski definition) is 0. The van der Waals surface area contributed by atoms with Crippen LogP contribution in [0.5, 0.6) is 0 Å². The summed E-state index contributed by atoms with van der Waals surface area (Å²) in [5.41, 5.74) is 2.24. The average molecular weight is 289 g/mol. The van der Waals surface area contributed by atoms with E-state index in [4.69, 9.17) is 0 Å². The highest BCUT2D eigenvalue weighted by Gasteiger charge is 2.13. The summed E-state index contributed by atoms with van der Waals surface area (Å²) in [6.45, 7) is 2.12. The molecule has 0 fully saturated rings. The van der Waals surface area contributed by atoms with E-state index in [0.29, 0.717) is 0 Å². The molecular formula is C12H11N5S2. The molecule has 0 bridgehead atoms. The first-order valence-corrected chi connectivity index (χ1v) is 7.52. The molecule has 7 heteroatoms. The molecule has 0 aliphatic heterocycles. The van der Waals surface area contributed by atoms with Gasteiger partial charge in [0, 0.05) is 11.6 Å². The van der Waals surface area contributed by atoms with Crippen molar-refractivity contribution in [2.75, 3.05) is 0 Å². The summed E-state index contributed by atoms with van der Waals surface area (Å²) in [6.07, 6.45) is 2.72. The van der Waals surface area contributed by atoms with Crippen LogP contribution in [0.1, 0.15) is 12.5 Å². The van der Waals surface area contributed by atoms with E-state index in [1.54, 1.807) is 22.2 Å². The zero-order chi connectivity index (χ0) is 13.1. The molecule has 3 rings (SSSR count). The quantitative estimate of drug-likeness (QED) is 0.739. The molecular weight excluding hydrogens is 278 g/mol. The van der Waals surface area contributed by atoms with Gasteiger partial charge in [-0.05, 0) is 40.2 Å². The lowest BCUT2D eigenvalue weighted by atomic mass is 10.1. The highest BCUT2D eigenvalue weighted by Crippen LogP contribution is 2.29. The molecule has 19 heavy (non-hydrogen) atoms. The van der Waals surface area contributed by atoms with Gasteiger partial charge in [-0.1, -0.05) is 25.1 Å². The third kappa shape index (κ3) is 2.52. The van der Waals surface area contributed by atoms with E-state index < -0.39 is 0 Å². The number of aromatic nitrogens is 5. The first-order valence-electron chi connectivity index (χ1n) is 5.82. The molecule has 0 aliphatic rings. The second kappa shape index (κ2) is 5.50. The third-order valence-electron chi connectivity index (χ3n) is 2.63. The van der Waals surface area contributed by atoms with Crippen molar-refractivity contribution in [3.05, 3.63) is 41.4 Å². The smallest absolute Gasteiger partial charge is 0.221 e. The molecule has 3 aromatic rings. The molecule has 0 unspecified atom stereocenters. The fraction of sp³-hybridized carbons (Fsp3) is 0.167. The van der Waals surface area contributed by atoms with Gasteiger partial charge in [0.15, 0.2) is 4.34 Å². The second-order valence-corrected chi connectivity index (χ2v) is 5.86. The summed E-state index contributed by atoms with van der Waals surface area (Å²) in [6, 6.07) is 8.14. The molecule has 0 saturated carbocycles. The minimum atomic E-state index is 0.732. The maximum atomic E-state index is 4.24. The van der Waals surface area contributed by atoms with E-state index in [9.17, 15) is 0 Å². The first kappa shape index (κ1) is 12.3. The van der Waals surface area contributed by atoms with Crippen LogP contribution < -0.4 is 0 Å². The zero-order valence-corrected chi connectivity index (χ0v) is 11.9. The van der Waals surface area contributed by atoms with Gasteiger partial charge < -0.3 is 0 Å². The van der Waals surface area contributed by atoms with Gasteiger partial charge >= 0.3 is 0 Å². The molecule has 0 N–H and O–H groups in total. The molecule has 0 saturated heterocycles. The van der Waals surface area contributed by atoms with Gasteiger partial charge in [0.2, 0.25) is 5.16 Å². The molecule has 5 nitrogen and oxygen atoms in total. The lowest BCUT2D eigenvalue weighted by molar-refractivity contribution is 0.747. The number of thiazole rings is 1. The fourth-order valence-electron chi connectivity index (χ4n) is 1.75. The van der Waals surface area contributed by atoms with Crippen LogP contribution in [0, 0.1) is 0 Å². The van der Waals surface area contributed by atoms with Crippen LogP contribution in [0.4, 0.5) is 0 Å². The third-order valence-corrected chi connectivity index (χ3v) is 4.45. The molecule has 0 atom stereocenters. The van der Waals surface area contributed by atoms with Crippen LogP contribution in [0.2, 0.25) is 0 Å². The Kier molecular flexibility index (Phi) is 3.56. The molecule has 0 amide bonds. The zero-order valence-electron chi connectivity index (χ0n) is 10.2. The van der Waals surface area contributed by atoms with Crippen LogP contribution in [-0.4, -0.2) is 25.2 Å². The number of tetrazole rings is 1. The van der Waals surface area contributed by atoms with Gasteiger partial charge in [0.05, 0.1) is 5.69 Å². The van der Waals surface area contributed by atoms with E-state index in [2.05, 4.69) is 33.5 Å². The van der Waals surface area contributed by atoms with Crippen molar-refractivity contribution >= 4 is 23.1 Å². The Morgan fingerprint density at radius 1 is 1.32 bits per heavy atom. The van der Waals surface area contributed by atoms with E-state index in [-0.39, 0.29) is 0 Å². The Labute approximate surface area is 118 Å². The van der Waals surface area contributed by atoms with E-state index in [1.807, 2.05) is 23.6 Å². The van der Waals surface area contributed by atoms with Gasteiger partial charge in [-0.2, -0.15) is 4.68 Å². The number of aryl methyl sites for hydroxylation is 1. The van der Waals surface area contributed by atoms with E-state index >= 15 is 0 Å². The predicted octanol–water partition coefficient (Wildman–Crippen LogP) is 2.83. The van der Waals surface area contributed by atoms with E-state index in [0.717, 1.165) is 21.6 Å². The summed E-state index contributed by atoms with van der Waals surface area (Å²) in [5, 5.41) is 14.6. The highest BCUT2D eigenvalue weighted by atomic mass is 32.2. The number of para-hydroxylation sites is 1. The second-order valence-electron chi connectivity index (χ2n) is 3.76. The number of nitrogens with zero attached hydrogens (tertiary/aromatic N) is 5. The Morgan fingerprint density at radius 3 is 3.00 bits per heavy atom. The fourth-order valence-corrected chi connectivity index (χ4v) is 3.26. The average Bonchev–Trinajstić information content (AvgIpc) is 3.11. The van der Waals surface area contributed by atoms with Crippen molar-refractivity contribution in [1.82, 2.24) is 25.2 Å². The lowest BCUT2D eigenvalue weighted by Crippen LogP contribution is -2.02. The molecule has 2 aromatic heterocycles. The van der Waals surface area contributed by atoms with E-state index in [1.165, 1.54) is 17.3 Å². The van der Waals surface area contributed by atoms with Crippen molar-refractivity contribution in [1.29, 1.82) is 0 Å². The Hall–Kier alpha value is -1.73. The SMILES string of the molecule is CCc1ccccc1-n1nnnc1Sc1nccs1. The molecule has 1 aromatic carbocycles. The molecule has 0 spiro atoms. The van der Waals surface area contributed by atoms with Crippen molar-refractivity contribution in [3.8, 4) is 5.69 Å². The number of hydrogen-bond acceptors (Lipinski definition) is 6. The summed E-state index contributed by atoms with van der Waals surface area (Å²) in [4.78, 5) is 4.24. The Morgan fingerprint density at radius 2 is 2.21 bits per heavy atom. The summed E-state index contributed by atoms with van der Waals surface area (Å²) < 4.78 is 2.70. The number of benzene rings is 1. The maximum Gasteiger partial charge on any atom is 0.221 e. The van der Waals surface area contributed by atoms with Gasteiger partial charge in [0.1, 0.15) is 0 Å². The van der Waals surface area contributed by atoms with Crippen molar-refractivity contribution < 1.29 is 0 Å². The van der Waals surface area contributed by atoms with Crippen molar-refractivity contribution in [3.63, 3.8) is 0 Å². The van der Waals surface area contributed by atoms with Gasteiger partial charge in [0.25, 0.3) is 0 Å². The predicted molar refractivity (Wildman–Crippen MR) is 74.8 cm³/mol. The monoisotopic (exact) mass is 289 g/mol. The highest BCUT2D eigenvalue weighted by molar-refractivity contribution is 8.00. The van der Waals surface area contributed by atoms with Crippen LogP contribution in [0.25, 0.3) is 5.69 Å². The number of rotatable bonds is 4. The molecule has 0 aliphatic carbocycles. The Balaban J connectivity index is 2.00. The largest absolute Gasteiger partial charge is 0.238 e. The van der Waals surface area contributed by atoms with Crippen molar-refractivity contribution in [2.24, 2.45) is 0 Å². The minimum absolute atomic E-state index is 0.732. The van der Waals surface area contributed by atoms with Crippen molar-refractivity contribution in [2.45, 2.75) is 22.8 Å². The van der Waals surface area contributed by atoms with Gasteiger partial charge in [-0.25, -0.2) is 4.98 Å². The molecule has 96 valence electrons. The summed E-state index contributed by atoms with van der Waals surface area (Å²) in [5.74, 6) is 0. The van der Waals surface area contributed by atoms with Gasteiger partial charge in [-0.15, -0.1) is 16.4 Å². The van der Waals surface area contributed by atoms with Crippen LogP contribution >= 0.6 is 23.1 Å². The van der Waals surface area contributed by atoms with Crippen LogP contribution in [-0.2, 0) is 6.42 Å². The minimum Gasteiger partial charge on any atom is -0.238 e. The Bertz CT molecular complexity index is 662. The summed E-state index contributed by atoms with van der Waals surface area (Å²) >= 11 is 3.05. The van der Waals surface area contributed by atoms with Crippen LogP contribution in [0.15, 0.2) is 45.3 Å². The normalized spacial score (nSPS) is 10.8.